The van der Waals surface area contributed by atoms with Crippen molar-refractivity contribution in [2.24, 2.45) is 7.05 Å². The zero-order chi connectivity index (χ0) is 15.2. The second-order valence-corrected chi connectivity index (χ2v) is 5.90. The molecule has 2 aromatic heterocycles. The van der Waals surface area contributed by atoms with E-state index in [4.69, 9.17) is 0 Å². The third kappa shape index (κ3) is 2.33. The van der Waals surface area contributed by atoms with Gasteiger partial charge in [-0.05, 0) is 10.4 Å². The van der Waals surface area contributed by atoms with Gasteiger partial charge in [0, 0.05) is 12.5 Å². The minimum absolute atomic E-state index is 0.212. The molecule has 0 aromatic carbocycles. The van der Waals surface area contributed by atoms with Gasteiger partial charge in [-0.15, -0.1) is 10.6 Å². The van der Waals surface area contributed by atoms with Crippen LogP contribution in [0.3, 0.4) is 0 Å². The van der Waals surface area contributed by atoms with Gasteiger partial charge in [0.25, 0.3) is 5.56 Å². The van der Waals surface area contributed by atoms with E-state index in [1.54, 1.807) is 16.7 Å². The molecule has 21 heavy (non-hydrogen) atoms. The molecule has 0 saturated carbocycles. The highest BCUT2D eigenvalue weighted by Crippen LogP contribution is 2.26. The summed E-state index contributed by atoms with van der Waals surface area (Å²) in [7, 11) is 1.76. The fourth-order valence-corrected chi connectivity index (χ4v) is 1.94. The van der Waals surface area contributed by atoms with E-state index in [9.17, 15) is 4.79 Å². The normalized spacial score (nSPS) is 14.2. The molecule has 3 rings (SSSR count). The molecule has 0 spiro atoms. The molecule has 1 aliphatic rings. The van der Waals surface area contributed by atoms with Crippen LogP contribution in [0.4, 0.5) is 11.5 Å². The lowest BCUT2D eigenvalue weighted by atomic mass is 9.96. The highest BCUT2D eigenvalue weighted by atomic mass is 16.1. The lowest BCUT2D eigenvalue weighted by Crippen LogP contribution is -2.36. The molecule has 0 fully saturated rings. The van der Waals surface area contributed by atoms with Crippen molar-refractivity contribution in [3.8, 4) is 0 Å². The zero-order valence-corrected chi connectivity index (χ0v) is 12.3. The first kappa shape index (κ1) is 13.5. The van der Waals surface area contributed by atoms with Crippen LogP contribution in [0.25, 0.3) is 0 Å². The lowest BCUT2D eigenvalue weighted by molar-refractivity contribution is 0.541. The van der Waals surface area contributed by atoms with Gasteiger partial charge in [0.15, 0.2) is 17.3 Å². The van der Waals surface area contributed by atoms with Crippen LogP contribution in [-0.2, 0) is 19.0 Å². The van der Waals surface area contributed by atoms with Gasteiger partial charge in [0.2, 0.25) is 0 Å². The minimum atomic E-state index is -0.255. The molecule has 0 atom stereocenters. The standard InChI is InChI=1S/C11H17N9O/c1-11(2,3)10-12-8-7(9(21)13-10)15-17-20(8)5-6-14-16-18-19(6)4/h15,17H,5H2,1-4H3,(H,12,13,21). The number of rotatable bonds is 2. The summed E-state index contributed by atoms with van der Waals surface area (Å²) in [6, 6.07) is 0. The second kappa shape index (κ2) is 4.52. The Hall–Kier alpha value is -2.49. The molecule has 0 aliphatic carbocycles. The summed E-state index contributed by atoms with van der Waals surface area (Å²) in [6.45, 7) is 6.35. The van der Waals surface area contributed by atoms with Crippen molar-refractivity contribution in [3.63, 3.8) is 0 Å². The van der Waals surface area contributed by atoms with Crippen molar-refractivity contribution < 1.29 is 0 Å². The first-order valence-electron chi connectivity index (χ1n) is 6.51. The SMILES string of the molecule is Cn1nnnc1CN1NNc2c1nc(C(C)(C)C)[nH]c2=O. The van der Waals surface area contributed by atoms with Crippen LogP contribution in [0.2, 0.25) is 0 Å². The van der Waals surface area contributed by atoms with Crippen molar-refractivity contribution in [3.05, 3.63) is 22.0 Å². The molecular formula is C11H17N9O. The largest absolute Gasteiger partial charge is 0.308 e. The molecule has 3 N–H and O–H groups in total. The van der Waals surface area contributed by atoms with Gasteiger partial charge in [0.1, 0.15) is 5.82 Å². The zero-order valence-electron chi connectivity index (χ0n) is 12.3. The molecule has 0 amide bonds. The van der Waals surface area contributed by atoms with Crippen LogP contribution in [0.1, 0.15) is 32.4 Å². The average molecular weight is 291 g/mol. The number of fused-ring (bicyclic) bond motifs is 1. The smallest absolute Gasteiger partial charge is 0.277 e. The Morgan fingerprint density at radius 1 is 1.29 bits per heavy atom. The highest BCUT2D eigenvalue weighted by molar-refractivity contribution is 5.67. The molecule has 0 unspecified atom stereocenters. The van der Waals surface area contributed by atoms with Crippen LogP contribution in [0, 0.1) is 0 Å². The lowest BCUT2D eigenvalue weighted by Gasteiger charge is -2.20. The van der Waals surface area contributed by atoms with E-state index in [-0.39, 0.29) is 11.0 Å². The number of tetrazole rings is 1. The topological polar surface area (TPSA) is 117 Å². The number of hydrogen-bond donors (Lipinski definition) is 3. The van der Waals surface area contributed by atoms with E-state index in [0.29, 0.717) is 29.7 Å². The van der Waals surface area contributed by atoms with Crippen LogP contribution in [0.5, 0.6) is 0 Å². The third-order valence-electron chi connectivity index (χ3n) is 3.19. The Bertz CT molecular complexity index is 726. The molecule has 0 radical (unpaired) electrons. The number of hydrazine groups is 2. The molecule has 112 valence electrons. The molecular weight excluding hydrogens is 274 g/mol. The molecule has 0 bridgehead atoms. The maximum atomic E-state index is 12.1. The number of nitrogens with zero attached hydrogens (tertiary/aromatic N) is 6. The van der Waals surface area contributed by atoms with Crippen LogP contribution >= 0.6 is 0 Å². The summed E-state index contributed by atoms with van der Waals surface area (Å²) in [5.74, 6) is 1.81. The van der Waals surface area contributed by atoms with Crippen molar-refractivity contribution in [2.45, 2.75) is 32.7 Å². The summed E-state index contributed by atoms with van der Waals surface area (Å²) in [4.78, 5) is 19.5. The summed E-state index contributed by atoms with van der Waals surface area (Å²) in [5.41, 5.74) is 5.64. The monoisotopic (exact) mass is 291 g/mol. The Labute approximate surface area is 120 Å². The van der Waals surface area contributed by atoms with Crippen LogP contribution in [0.15, 0.2) is 4.79 Å². The maximum absolute atomic E-state index is 12.1. The Balaban J connectivity index is 1.99. The van der Waals surface area contributed by atoms with Crippen molar-refractivity contribution in [1.29, 1.82) is 0 Å². The second-order valence-electron chi connectivity index (χ2n) is 5.90. The van der Waals surface area contributed by atoms with Crippen molar-refractivity contribution in [2.75, 3.05) is 10.4 Å². The number of H-pyrrole nitrogens is 1. The van der Waals surface area contributed by atoms with E-state index in [1.807, 2.05) is 20.8 Å². The highest BCUT2D eigenvalue weighted by Gasteiger charge is 2.28. The van der Waals surface area contributed by atoms with Crippen LogP contribution < -0.4 is 21.5 Å². The number of hydrogen-bond acceptors (Lipinski definition) is 8. The van der Waals surface area contributed by atoms with E-state index < -0.39 is 0 Å². The predicted octanol–water partition coefficient (Wildman–Crippen LogP) is -0.557. The summed E-state index contributed by atoms with van der Waals surface area (Å²) < 4.78 is 1.57. The predicted molar refractivity (Wildman–Crippen MR) is 75.3 cm³/mol. The number of aromatic amines is 1. The fraction of sp³-hybridized carbons (Fsp3) is 0.545. The maximum Gasteiger partial charge on any atom is 0.277 e. The van der Waals surface area contributed by atoms with Crippen LogP contribution in [-0.4, -0.2) is 30.2 Å². The van der Waals surface area contributed by atoms with E-state index >= 15 is 0 Å². The number of aromatic nitrogens is 6. The summed E-state index contributed by atoms with van der Waals surface area (Å²) in [5, 5.41) is 13.0. The Kier molecular flexibility index (Phi) is 2.90. The quantitative estimate of drug-likeness (QED) is 0.674. The summed E-state index contributed by atoms with van der Waals surface area (Å²) in [6.07, 6.45) is 0. The number of nitrogens with one attached hydrogen (secondary N) is 3. The molecule has 10 heteroatoms. The van der Waals surface area contributed by atoms with Gasteiger partial charge >= 0.3 is 0 Å². The van der Waals surface area contributed by atoms with Gasteiger partial charge < -0.3 is 4.98 Å². The minimum Gasteiger partial charge on any atom is -0.308 e. The van der Waals surface area contributed by atoms with Gasteiger partial charge in [-0.25, -0.2) is 9.67 Å². The Morgan fingerprint density at radius 2 is 2.05 bits per heavy atom. The number of aryl methyl sites for hydroxylation is 1. The fourth-order valence-electron chi connectivity index (χ4n) is 1.94. The van der Waals surface area contributed by atoms with E-state index in [0.717, 1.165) is 0 Å². The number of anilines is 2. The molecule has 3 heterocycles. The molecule has 0 saturated heterocycles. The van der Waals surface area contributed by atoms with E-state index in [1.165, 1.54) is 0 Å². The van der Waals surface area contributed by atoms with Gasteiger partial charge in [-0.1, -0.05) is 20.8 Å². The van der Waals surface area contributed by atoms with E-state index in [2.05, 4.69) is 36.5 Å². The van der Waals surface area contributed by atoms with Gasteiger partial charge in [-0.2, -0.15) is 0 Å². The summed E-state index contributed by atoms with van der Waals surface area (Å²) >= 11 is 0. The third-order valence-corrected chi connectivity index (χ3v) is 3.19. The average Bonchev–Trinajstić information content (AvgIpc) is 2.97. The molecule has 10 nitrogen and oxygen atoms in total. The van der Waals surface area contributed by atoms with Gasteiger partial charge in [-0.3, -0.25) is 15.2 Å². The molecule has 1 aliphatic heterocycles. The first-order chi connectivity index (χ1) is 9.86. The van der Waals surface area contributed by atoms with Gasteiger partial charge in [0.05, 0.1) is 6.54 Å². The molecule has 2 aromatic rings. The van der Waals surface area contributed by atoms with Crippen molar-refractivity contribution >= 4 is 11.5 Å². The van der Waals surface area contributed by atoms with Crippen molar-refractivity contribution in [1.82, 2.24) is 35.7 Å². The first-order valence-corrected chi connectivity index (χ1v) is 6.51. The Morgan fingerprint density at radius 3 is 2.67 bits per heavy atom.